The molecular weight excluding hydrogens is 378 g/mol. The predicted molar refractivity (Wildman–Crippen MR) is 117 cm³/mol. The van der Waals surface area contributed by atoms with Crippen molar-refractivity contribution >= 4 is 33.5 Å². The maximum atomic E-state index is 13.0. The van der Waals surface area contributed by atoms with Crippen molar-refractivity contribution in [3.63, 3.8) is 0 Å². The lowest BCUT2D eigenvalue weighted by atomic mass is 10.1. The lowest BCUT2D eigenvalue weighted by molar-refractivity contribution is 0.102. The van der Waals surface area contributed by atoms with Gasteiger partial charge in [0.1, 0.15) is 16.9 Å². The van der Waals surface area contributed by atoms with E-state index in [0.29, 0.717) is 22.6 Å². The molecular formula is C24H19N3O3. The second kappa shape index (κ2) is 7.08. The normalized spacial score (nSPS) is 11.1. The summed E-state index contributed by atoms with van der Waals surface area (Å²) in [6.07, 6.45) is 1.57. The van der Waals surface area contributed by atoms with Crippen molar-refractivity contribution in [2.24, 2.45) is 0 Å². The Labute approximate surface area is 172 Å². The molecule has 0 saturated carbocycles. The molecule has 6 heteroatoms. The van der Waals surface area contributed by atoms with Gasteiger partial charge in [-0.2, -0.15) is 5.10 Å². The molecule has 148 valence electrons. The van der Waals surface area contributed by atoms with E-state index in [1.807, 2.05) is 67.6 Å². The SMILES string of the molecule is COc1cc2c(cc1NC(=O)c1cnn(-c3ccccc3)c1C)oc1ccccc12. The zero-order valence-corrected chi connectivity index (χ0v) is 16.5. The summed E-state index contributed by atoms with van der Waals surface area (Å²) in [5, 5.41) is 9.26. The fraction of sp³-hybridized carbons (Fsp3) is 0.0833. The van der Waals surface area contributed by atoms with Gasteiger partial charge in [0.2, 0.25) is 0 Å². The number of furan rings is 1. The number of carbonyl (C=O) groups is 1. The van der Waals surface area contributed by atoms with Crippen LogP contribution < -0.4 is 10.1 Å². The number of amides is 1. The van der Waals surface area contributed by atoms with Crippen LogP contribution in [0.3, 0.4) is 0 Å². The molecule has 0 bridgehead atoms. The van der Waals surface area contributed by atoms with Gasteiger partial charge in [-0.1, -0.05) is 36.4 Å². The van der Waals surface area contributed by atoms with E-state index < -0.39 is 0 Å². The van der Waals surface area contributed by atoms with Gasteiger partial charge in [-0.3, -0.25) is 4.79 Å². The van der Waals surface area contributed by atoms with Crippen molar-refractivity contribution in [3.05, 3.63) is 84.2 Å². The summed E-state index contributed by atoms with van der Waals surface area (Å²) in [4.78, 5) is 13.0. The van der Waals surface area contributed by atoms with Crippen LogP contribution in [0.1, 0.15) is 16.1 Å². The van der Waals surface area contributed by atoms with Gasteiger partial charge in [0, 0.05) is 16.8 Å². The molecule has 0 atom stereocenters. The molecule has 0 aliphatic rings. The van der Waals surface area contributed by atoms with E-state index in [1.165, 1.54) is 0 Å². The molecule has 2 heterocycles. The van der Waals surface area contributed by atoms with Crippen molar-refractivity contribution in [2.45, 2.75) is 6.92 Å². The van der Waals surface area contributed by atoms with E-state index in [2.05, 4.69) is 10.4 Å². The molecule has 0 aliphatic carbocycles. The summed E-state index contributed by atoms with van der Waals surface area (Å²) >= 11 is 0. The number of rotatable bonds is 4. The average Bonchev–Trinajstić information content (AvgIpc) is 3.33. The first-order valence-electron chi connectivity index (χ1n) is 9.56. The highest BCUT2D eigenvalue weighted by Gasteiger charge is 2.18. The first kappa shape index (κ1) is 18.0. The van der Waals surface area contributed by atoms with Crippen LogP contribution in [-0.2, 0) is 0 Å². The standard InChI is InChI=1S/C24H19N3O3/c1-15-19(14-25-27(15)16-8-4-3-5-9-16)24(28)26-20-13-22-18(12-23(20)29-2)17-10-6-7-11-21(17)30-22/h3-14H,1-2H3,(H,26,28). The fourth-order valence-electron chi connectivity index (χ4n) is 3.67. The smallest absolute Gasteiger partial charge is 0.259 e. The molecule has 0 saturated heterocycles. The largest absolute Gasteiger partial charge is 0.495 e. The molecule has 6 nitrogen and oxygen atoms in total. The lowest BCUT2D eigenvalue weighted by Crippen LogP contribution is -2.13. The van der Waals surface area contributed by atoms with E-state index in [9.17, 15) is 4.79 Å². The molecule has 30 heavy (non-hydrogen) atoms. The number of nitrogens with zero attached hydrogens (tertiary/aromatic N) is 2. The third-order valence-electron chi connectivity index (χ3n) is 5.20. The van der Waals surface area contributed by atoms with Gasteiger partial charge in [-0.15, -0.1) is 0 Å². The first-order chi connectivity index (χ1) is 14.7. The number of fused-ring (bicyclic) bond motifs is 3. The van der Waals surface area contributed by atoms with Gasteiger partial charge >= 0.3 is 0 Å². The van der Waals surface area contributed by atoms with Crippen LogP contribution in [-0.4, -0.2) is 22.8 Å². The van der Waals surface area contributed by atoms with E-state index in [1.54, 1.807) is 24.1 Å². The molecule has 0 radical (unpaired) electrons. The first-order valence-corrected chi connectivity index (χ1v) is 9.56. The number of carbonyl (C=O) groups excluding carboxylic acids is 1. The third-order valence-corrected chi connectivity index (χ3v) is 5.20. The summed E-state index contributed by atoms with van der Waals surface area (Å²) in [5.74, 6) is 0.305. The molecule has 3 aromatic carbocycles. The topological polar surface area (TPSA) is 69.3 Å². The summed E-state index contributed by atoms with van der Waals surface area (Å²) in [6, 6.07) is 21.2. The van der Waals surface area contributed by atoms with E-state index in [0.717, 1.165) is 27.7 Å². The molecule has 1 N–H and O–H groups in total. The van der Waals surface area contributed by atoms with Crippen molar-refractivity contribution in [3.8, 4) is 11.4 Å². The molecule has 0 unspecified atom stereocenters. The van der Waals surface area contributed by atoms with Crippen LogP contribution in [0.25, 0.3) is 27.6 Å². The highest BCUT2D eigenvalue weighted by atomic mass is 16.5. The third kappa shape index (κ3) is 2.90. The van der Waals surface area contributed by atoms with Crippen LogP contribution in [0.5, 0.6) is 5.75 Å². The molecule has 5 rings (SSSR count). The second-order valence-electron chi connectivity index (χ2n) is 6.99. The van der Waals surface area contributed by atoms with Gasteiger partial charge in [-0.25, -0.2) is 4.68 Å². The Morgan fingerprint density at radius 2 is 1.77 bits per heavy atom. The molecule has 0 spiro atoms. The Balaban J connectivity index is 1.52. The van der Waals surface area contributed by atoms with Gasteiger partial charge in [0.15, 0.2) is 0 Å². The van der Waals surface area contributed by atoms with Crippen molar-refractivity contribution in [2.75, 3.05) is 12.4 Å². The molecule has 5 aromatic rings. The minimum absolute atomic E-state index is 0.261. The van der Waals surface area contributed by atoms with Crippen LogP contribution in [0.15, 0.2) is 77.3 Å². The summed E-state index contributed by atoms with van der Waals surface area (Å²) in [5.41, 5.74) is 4.16. The zero-order valence-electron chi connectivity index (χ0n) is 16.5. The maximum Gasteiger partial charge on any atom is 0.259 e. The number of aromatic nitrogens is 2. The molecule has 0 aliphatic heterocycles. The van der Waals surface area contributed by atoms with Crippen molar-refractivity contribution in [1.29, 1.82) is 0 Å². The highest BCUT2D eigenvalue weighted by Crippen LogP contribution is 2.36. The minimum atomic E-state index is -0.261. The predicted octanol–water partition coefficient (Wildman–Crippen LogP) is 5.34. The van der Waals surface area contributed by atoms with Crippen LogP contribution in [0.2, 0.25) is 0 Å². The number of nitrogens with one attached hydrogen (secondary N) is 1. The highest BCUT2D eigenvalue weighted by molar-refractivity contribution is 6.10. The van der Waals surface area contributed by atoms with Crippen LogP contribution in [0, 0.1) is 6.92 Å². The Morgan fingerprint density at radius 1 is 1.00 bits per heavy atom. The van der Waals surface area contributed by atoms with E-state index >= 15 is 0 Å². The average molecular weight is 397 g/mol. The molecule has 0 fully saturated rings. The lowest BCUT2D eigenvalue weighted by Gasteiger charge is -2.10. The number of methoxy groups -OCH3 is 1. The number of anilines is 1. The van der Waals surface area contributed by atoms with Gasteiger partial charge < -0.3 is 14.5 Å². The van der Waals surface area contributed by atoms with Crippen LogP contribution in [0.4, 0.5) is 5.69 Å². The van der Waals surface area contributed by atoms with Crippen molar-refractivity contribution < 1.29 is 13.9 Å². The number of hydrogen-bond acceptors (Lipinski definition) is 4. The van der Waals surface area contributed by atoms with Crippen molar-refractivity contribution in [1.82, 2.24) is 9.78 Å². The maximum absolute atomic E-state index is 13.0. The minimum Gasteiger partial charge on any atom is -0.495 e. The molecule has 2 aromatic heterocycles. The summed E-state index contributed by atoms with van der Waals surface area (Å²) in [6.45, 7) is 1.87. The Kier molecular flexibility index (Phi) is 4.25. The Bertz CT molecular complexity index is 1380. The fourth-order valence-corrected chi connectivity index (χ4v) is 3.67. The summed E-state index contributed by atoms with van der Waals surface area (Å²) < 4.78 is 13.2. The quantitative estimate of drug-likeness (QED) is 0.444. The summed E-state index contributed by atoms with van der Waals surface area (Å²) in [7, 11) is 1.58. The molecule has 1 amide bonds. The van der Waals surface area contributed by atoms with Gasteiger partial charge in [0.25, 0.3) is 5.91 Å². The van der Waals surface area contributed by atoms with E-state index in [4.69, 9.17) is 9.15 Å². The second-order valence-corrected chi connectivity index (χ2v) is 6.99. The number of benzene rings is 3. The van der Waals surface area contributed by atoms with Gasteiger partial charge in [-0.05, 0) is 31.2 Å². The Hall–Kier alpha value is -4.06. The number of hydrogen-bond donors (Lipinski definition) is 1. The number of ether oxygens (including phenoxy) is 1. The van der Waals surface area contributed by atoms with E-state index in [-0.39, 0.29) is 5.91 Å². The Morgan fingerprint density at radius 3 is 2.57 bits per heavy atom. The zero-order chi connectivity index (χ0) is 20.7. The monoisotopic (exact) mass is 397 g/mol. The van der Waals surface area contributed by atoms with Gasteiger partial charge in [0.05, 0.1) is 35.9 Å². The number of para-hydroxylation sites is 2. The van der Waals surface area contributed by atoms with Crippen LogP contribution >= 0.6 is 0 Å².